The molecule has 1 aliphatic heterocycles. The molecule has 0 unspecified atom stereocenters. The molecule has 10 nitrogen and oxygen atoms in total. The lowest BCUT2D eigenvalue weighted by molar-refractivity contribution is -0.384. The lowest BCUT2D eigenvalue weighted by Gasteiger charge is -2.36. The standard InChI is InChI=1S/C24H26N6O4/c1-18-17-22(31)23(26-29(18)20-9-5-6-10-21(20)30(33)34)24(32)25-11-12-27-13-15-28(16-14-27)19-7-3-2-4-8-19/h2-10,17H,11-16H2,1H3,(H,25,32). The average molecular weight is 463 g/mol. The molecule has 2 heterocycles. The van der Waals surface area contributed by atoms with Gasteiger partial charge in [-0.25, -0.2) is 4.68 Å². The van der Waals surface area contributed by atoms with E-state index in [-0.39, 0.29) is 17.1 Å². The Morgan fingerprint density at radius 3 is 2.44 bits per heavy atom. The molecule has 0 atom stereocenters. The quantitative estimate of drug-likeness (QED) is 0.422. The van der Waals surface area contributed by atoms with Crippen LogP contribution < -0.4 is 15.6 Å². The summed E-state index contributed by atoms with van der Waals surface area (Å²) in [6.45, 7) is 6.18. The van der Waals surface area contributed by atoms with E-state index in [1.165, 1.54) is 28.6 Å². The molecule has 4 rings (SSSR count). The summed E-state index contributed by atoms with van der Waals surface area (Å²) < 4.78 is 1.26. The van der Waals surface area contributed by atoms with Crippen LogP contribution in [0.3, 0.4) is 0 Å². The van der Waals surface area contributed by atoms with Gasteiger partial charge in [0.05, 0.1) is 4.92 Å². The summed E-state index contributed by atoms with van der Waals surface area (Å²) >= 11 is 0. The minimum atomic E-state index is -0.597. The van der Waals surface area contributed by atoms with Gasteiger partial charge in [0.2, 0.25) is 5.43 Å². The van der Waals surface area contributed by atoms with E-state index >= 15 is 0 Å². The van der Waals surface area contributed by atoms with Crippen molar-refractivity contribution in [3.63, 3.8) is 0 Å². The number of hydrogen-bond donors (Lipinski definition) is 1. The molecule has 10 heteroatoms. The number of aromatic nitrogens is 2. The third-order valence-corrected chi connectivity index (χ3v) is 5.84. The Hall–Kier alpha value is -4.05. The highest BCUT2D eigenvalue weighted by atomic mass is 16.6. The van der Waals surface area contributed by atoms with E-state index in [9.17, 15) is 19.7 Å². The van der Waals surface area contributed by atoms with Crippen molar-refractivity contribution in [1.82, 2.24) is 20.0 Å². The van der Waals surface area contributed by atoms with E-state index in [1.807, 2.05) is 18.2 Å². The number of anilines is 1. The Bertz CT molecular complexity index is 1240. The van der Waals surface area contributed by atoms with Crippen molar-refractivity contribution in [3.8, 4) is 5.69 Å². The van der Waals surface area contributed by atoms with E-state index < -0.39 is 16.3 Å². The van der Waals surface area contributed by atoms with Crippen LogP contribution >= 0.6 is 0 Å². The number of nitro benzene ring substituents is 1. The molecular formula is C24H26N6O4. The predicted octanol–water partition coefficient (Wildman–Crippen LogP) is 2.00. The zero-order chi connectivity index (χ0) is 24.1. The van der Waals surface area contributed by atoms with Crippen molar-refractivity contribution in [2.24, 2.45) is 0 Å². The molecule has 1 saturated heterocycles. The highest BCUT2D eigenvalue weighted by Crippen LogP contribution is 2.22. The van der Waals surface area contributed by atoms with Crippen molar-refractivity contribution in [3.05, 3.63) is 92.4 Å². The summed E-state index contributed by atoms with van der Waals surface area (Å²) in [5.74, 6) is -0.597. The van der Waals surface area contributed by atoms with Crippen LogP contribution in [0.15, 0.2) is 65.5 Å². The minimum Gasteiger partial charge on any atom is -0.369 e. The number of aryl methyl sites for hydroxylation is 1. The van der Waals surface area contributed by atoms with Crippen molar-refractivity contribution in [1.29, 1.82) is 0 Å². The van der Waals surface area contributed by atoms with Crippen LogP contribution in [0.2, 0.25) is 0 Å². The first-order valence-electron chi connectivity index (χ1n) is 11.1. The van der Waals surface area contributed by atoms with Gasteiger partial charge in [-0.1, -0.05) is 30.3 Å². The molecule has 1 aliphatic rings. The first-order chi connectivity index (χ1) is 16.4. The zero-order valence-corrected chi connectivity index (χ0v) is 18.9. The van der Waals surface area contributed by atoms with Gasteiger partial charge in [0.25, 0.3) is 11.6 Å². The van der Waals surface area contributed by atoms with Crippen LogP contribution in [-0.4, -0.2) is 64.8 Å². The van der Waals surface area contributed by atoms with Gasteiger partial charge in [-0.3, -0.25) is 24.6 Å². The number of rotatable bonds is 7. The number of para-hydroxylation sites is 3. The van der Waals surface area contributed by atoms with E-state index in [1.54, 1.807) is 19.1 Å². The molecule has 1 N–H and O–H groups in total. The zero-order valence-electron chi connectivity index (χ0n) is 18.9. The van der Waals surface area contributed by atoms with Crippen LogP contribution in [0, 0.1) is 17.0 Å². The molecule has 176 valence electrons. The fraction of sp³-hybridized carbons (Fsp3) is 0.292. The number of carbonyl (C=O) groups is 1. The molecule has 0 radical (unpaired) electrons. The third kappa shape index (κ3) is 5.12. The number of amides is 1. The van der Waals surface area contributed by atoms with Crippen LogP contribution in [0.5, 0.6) is 0 Å². The summed E-state index contributed by atoms with van der Waals surface area (Å²) in [6.07, 6.45) is 0. The molecule has 0 saturated carbocycles. The van der Waals surface area contributed by atoms with Gasteiger partial charge in [-0.05, 0) is 25.1 Å². The van der Waals surface area contributed by atoms with E-state index in [0.717, 1.165) is 26.2 Å². The summed E-state index contributed by atoms with van der Waals surface area (Å²) in [7, 11) is 0. The maximum Gasteiger partial charge on any atom is 0.294 e. The van der Waals surface area contributed by atoms with E-state index in [4.69, 9.17) is 0 Å². The van der Waals surface area contributed by atoms with Gasteiger partial charge in [-0.15, -0.1) is 0 Å². The highest BCUT2D eigenvalue weighted by molar-refractivity contribution is 5.92. The Labute approximate surface area is 196 Å². The monoisotopic (exact) mass is 462 g/mol. The van der Waals surface area contributed by atoms with Crippen LogP contribution in [0.1, 0.15) is 16.2 Å². The second-order valence-electron chi connectivity index (χ2n) is 8.08. The number of nitro groups is 1. The van der Waals surface area contributed by atoms with Gasteiger partial charge >= 0.3 is 0 Å². The summed E-state index contributed by atoms with van der Waals surface area (Å²) in [6, 6.07) is 17.6. The molecule has 3 aromatic rings. The van der Waals surface area contributed by atoms with E-state index in [2.05, 4.69) is 32.3 Å². The minimum absolute atomic E-state index is 0.164. The fourth-order valence-corrected chi connectivity index (χ4v) is 4.03. The van der Waals surface area contributed by atoms with Crippen molar-refractivity contribution >= 4 is 17.3 Å². The maximum absolute atomic E-state index is 12.7. The van der Waals surface area contributed by atoms with Crippen molar-refractivity contribution in [2.75, 3.05) is 44.2 Å². The van der Waals surface area contributed by atoms with Crippen LogP contribution in [-0.2, 0) is 0 Å². The molecule has 1 fully saturated rings. The number of hydrogen-bond acceptors (Lipinski definition) is 7. The molecule has 1 amide bonds. The second kappa shape index (κ2) is 10.3. The molecule has 2 aromatic carbocycles. The Kier molecular flexibility index (Phi) is 6.98. The predicted molar refractivity (Wildman–Crippen MR) is 129 cm³/mol. The second-order valence-corrected chi connectivity index (χ2v) is 8.08. The number of carbonyl (C=O) groups excluding carboxylic acids is 1. The Balaban J connectivity index is 1.38. The summed E-state index contributed by atoms with van der Waals surface area (Å²) in [5.41, 5.74) is 0.806. The molecular weight excluding hydrogens is 436 g/mol. The normalized spacial score (nSPS) is 14.1. The number of benzene rings is 2. The van der Waals surface area contributed by atoms with Crippen LogP contribution in [0.25, 0.3) is 5.69 Å². The lowest BCUT2D eigenvalue weighted by Crippen LogP contribution is -2.48. The molecule has 0 bridgehead atoms. The smallest absolute Gasteiger partial charge is 0.294 e. The largest absolute Gasteiger partial charge is 0.369 e. The maximum atomic E-state index is 12.7. The number of piperazine rings is 1. The SMILES string of the molecule is Cc1cc(=O)c(C(=O)NCCN2CCN(c3ccccc3)CC2)nn1-c1ccccc1[N+](=O)[O-]. The molecule has 1 aromatic heterocycles. The van der Waals surface area contributed by atoms with Gasteiger partial charge in [-0.2, -0.15) is 5.10 Å². The fourth-order valence-electron chi connectivity index (χ4n) is 4.03. The van der Waals surface area contributed by atoms with Gasteiger partial charge < -0.3 is 10.2 Å². The van der Waals surface area contributed by atoms with Gasteiger partial charge in [0, 0.05) is 62.8 Å². The Morgan fingerprint density at radius 1 is 1.06 bits per heavy atom. The first kappa shape index (κ1) is 23.1. The highest BCUT2D eigenvalue weighted by Gasteiger charge is 2.21. The number of nitrogens with one attached hydrogen (secondary N) is 1. The summed E-state index contributed by atoms with van der Waals surface area (Å²) in [4.78, 5) is 40.6. The molecule has 34 heavy (non-hydrogen) atoms. The first-order valence-corrected chi connectivity index (χ1v) is 11.1. The van der Waals surface area contributed by atoms with Crippen LogP contribution in [0.4, 0.5) is 11.4 Å². The summed E-state index contributed by atoms with van der Waals surface area (Å²) in [5, 5.41) is 18.3. The average Bonchev–Trinajstić information content (AvgIpc) is 2.85. The third-order valence-electron chi connectivity index (χ3n) is 5.84. The Morgan fingerprint density at radius 2 is 1.74 bits per heavy atom. The van der Waals surface area contributed by atoms with Gasteiger partial charge in [0.1, 0.15) is 5.69 Å². The van der Waals surface area contributed by atoms with E-state index in [0.29, 0.717) is 18.8 Å². The molecule has 0 aliphatic carbocycles. The van der Waals surface area contributed by atoms with Gasteiger partial charge in [0.15, 0.2) is 5.69 Å². The van der Waals surface area contributed by atoms with Crippen molar-refractivity contribution in [2.45, 2.75) is 6.92 Å². The topological polar surface area (TPSA) is 114 Å². The number of nitrogens with zero attached hydrogens (tertiary/aromatic N) is 5. The lowest BCUT2D eigenvalue weighted by atomic mass is 10.2. The molecule has 0 spiro atoms. The van der Waals surface area contributed by atoms with Crippen molar-refractivity contribution < 1.29 is 9.72 Å².